The SMILES string of the molecule is COC(=N)c1cc(Nc2ccnc(-c3ccc(NC(=O)Nc4ccc(Cl)c(C(F)(F)F)c4)cc3C)n2)[nH]n1. The third-order valence-electron chi connectivity index (χ3n) is 5.19. The van der Waals surface area contributed by atoms with Crippen LogP contribution in [0.3, 0.4) is 0 Å². The molecule has 10 nitrogen and oxygen atoms in total. The highest BCUT2D eigenvalue weighted by Gasteiger charge is 2.33. The molecule has 0 atom stereocenters. The van der Waals surface area contributed by atoms with Gasteiger partial charge < -0.3 is 20.7 Å². The third-order valence-corrected chi connectivity index (χ3v) is 5.52. The van der Waals surface area contributed by atoms with Crippen molar-refractivity contribution in [2.75, 3.05) is 23.1 Å². The lowest BCUT2D eigenvalue weighted by molar-refractivity contribution is -0.137. The topological polar surface area (TPSA) is 141 Å². The minimum atomic E-state index is -4.65. The van der Waals surface area contributed by atoms with Crippen LogP contribution in [-0.2, 0) is 10.9 Å². The molecule has 5 N–H and O–H groups in total. The maximum absolute atomic E-state index is 13.1. The largest absolute Gasteiger partial charge is 0.480 e. The molecule has 0 spiro atoms. The van der Waals surface area contributed by atoms with Gasteiger partial charge in [-0.3, -0.25) is 10.5 Å². The minimum absolute atomic E-state index is 0.0614. The average Bonchev–Trinajstić information content (AvgIpc) is 3.32. The first kappa shape index (κ1) is 26.4. The van der Waals surface area contributed by atoms with E-state index in [1.807, 2.05) is 0 Å². The number of halogens is 4. The summed E-state index contributed by atoms with van der Waals surface area (Å²) in [6, 6.07) is 10.6. The summed E-state index contributed by atoms with van der Waals surface area (Å²) in [5, 5.41) is 21.9. The van der Waals surface area contributed by atoms with Crippen LogP contribution in [0.2, 0.25) is 5.02 Å². The first-order valence-electron chi connectivity index (χ1n) is 10.9. The molecule has 0 radical (unpaired) electrons. The van der Waals surface area contributed by atoms with Crippen molar-refractivity contribution in [3.8, 4) is 11.4 Å². The maximum Gasteiger partial charge on any atom is 0.417 e. The number of benzene rings is 2. The van der Waals surface area contributed by atoms with E-state index in [1.165, 1.54) is 13.2 Å². The van der Waals surface area contributed by atoms with Gasteiger partial charge in [0.1, 0.15) is 17.3 Å². The Balaban J connectivity index is 1.45. The summed E-state index contributed by atoms with van der Waals surface area (Å²) in [4.78, 5) is 21.2. The molecule has 0 aliphatic rings. The number of hydrogen-bond acceptors (Lipinski definition) is 7. The number of carbonyl (C=O) groups is 1. The summed E-state index contributed by atoms with van der Waals surface area (Å²) in [5.41, 5.74) is 1.06. The summed E-state index contributed by atoms with van der Waals surface area (Å²) in [6.07, 6.45) is -3.08. The fraction of sp³-hybridized carbons (Fsp3) is 0.125. The first-order valence-corrected chi connectivity index (χ1v) is 11.3. The second-order valence-corrected chi connectivity index (χ2v) is 8.30. The van der Waals surface area contributed by atoms with Gasteiger partial charge in [-0.15, -0.1) is 0 Å². The third kappa shape index (κ3) is 6.18. The molecule has 4 aromatic rings. The number of aromatic nitrogens is 4. The Labute approximate surface area is 219 Å². The number of H-pyrrole nitrogens is 1. The van der Waals surface area contributed by atoms with Crippen LogP contribution in [0.1, 0.15) is 16.8 Å². The zero-order chi connectivity index (χ0) is 27.4. The molecule has 14 heteroatoms. The van der Waals surface area contributed by atoms with Gasteiger partial charge in [0.2, 0.25) is 5.90 Å². The van der Waals surface area contributed by atoms with E-state index in [2.05, 4.69) is 36.1 Å². The van der Waals surface area contributed by atoms with E-state index >= 15 is 0 Å². The second-order valence-electron chi connectivity index (χ2n) is 7.89. The van der Waals surface area contributed by atoms with Crippen molar-refractivity contribution >= 4 is 46.5 Å². The van der Waals surface area contributed by atoms with Gasteiger partial charge in [0.15, 0.2) is 5.82 Å². The molecule has 2 amide bonds. The zero-order valence-electron chi connectivity index (χ0n) is 19.9. The summed E-state index contributed by atoms with van der Waals surface area (Å²) >= 11 is 5.62. The first-order chi connectivity index (χ1) is 18.0. The molecule has 38 heavy (non-hydrogen) atoms. The fourth-order valence-corrected chi connectivity index (χ4v) is 3.63. The molecular weight excluding hydrogens is 525 g/mol. The fourth-order valence-electron chi connectivity index (χ4n) is 3.41. The minimum Gasteiger partial charge on any atom is -0.480 e. The predicted octanol–water partition coefficient (Wildman–Crippen LogP) is 6.21. The van der Waals surface area contributed by atoms with Gasteiger partial charge in [0, 0.05) is 29.2 Å². The van der Waals surface area contributed by atoms with Crippen LogP contribution in [0.5, 0.6) is 0 Å². The van der Waals surface area contributed by atoms with E-state index < -0.39 is 22.8 Å². The molecule has 0 fully saturated rings. The number of anilines is 4. The lowest BCUT2D eigenvalue weighted by Crippen LogP contribution is -2.20. The lowest BCUT2D eigenvalue weighted by Gasteiger charge is -2.13. The van der Waals surface area contributed by atoms with E-state index in [0.717, 1.165) is 17.7 Å². The Hall–Kier alpha value is -4.65. The van der Waals surface area contributed by atoms with Crippen molar-refractivity contribution in [3.63, 3.8) is 0 Å². The van der Waals surface area contributed by atoms with E-state index in [0.29, 0.717) is 34.4 Å². The van der Waals surface area contributed by atoms with E-state index in [-0.39, 0.29) is 11.6 Å². The summed E-state index contributed by atoms with van der Waals surface area (Å²) < 4.78 is 44.1. The Morgan fingerprint density at radius 1 is 1.08 bits per heavy atom. The van der Waals surface area contributed by atoms with Gasteiger partial charge in [-0.1, -0.05) is 11.6 Å². The van der Waals surface area contributed by atoms with E-state index in [1.54, 1.807) is 43.5 Å². The standard InChI is InChI=1S/C24H20ClF3N8O2/c1-12-9-13(31-23(37)32-14-4-6-17(25)16(10-14)24(26,27)28)3-5-15(12)22-30-8-7-19(34-22)33-20-11-18(35-36-20)21(29)38-2/h3-11,29H,1-2H3,(H2,31,32,37)(H2,30,33,34,35,36). The predicted molar refractivity (Wildman–Crippen MR) is 137 cm³/mol. The zero-order valence-corrected chi connectivity index (χ0v) is 20.6. The van der Waals surface area contributed by atoms with Crippen LogP contribution in [0.15, 0.2) is 54.7 Å². The number of aromatic amines is 1. The number of nitrogens with zero attached hydrogens (tertiary/aromatic N) is 3. The number of nitrogens with one attached hydrogen (secondary N) is 5. The van der Waals surface area contributed by atoms with Gasteiger partial charge in [0.05, 0.1) is 17.7 Å². The highest BCUT2D eigenvalue weighted by molar-refractivity contribution is 6.31. The van der Waals surface area contributed by atoms with Crippen molar-refractivity contribution in [1.82, 2.24) is 20.2 Å². The molecule has 0 bridgehead atoms. The Morgan fingerprint density at radius 2 is 1.79 bits per heavy atom. The van der Waals surface area contributed by atoms with Crippen LogP contribution in [-0.4, -0.2) is 39.2 Å². The number of alkyl halides is 3. The van der Waals surface area contributed by atoms with Gasteiger partial charge in [-0.2, -0.15) is 18.3 Å². The van der Waals surface area contributed by atoms with Crippen molar-refractivity contribution < 1.29 is 22.7 Å². The molecule has 2 aromatic heterocycles. The molecule has 2 aromatic carbocycles. The average molecular weight is 545 g/mol. The highest BCUT2D eigenvalue weighted by Crippen LogP contribution is 2.36. The number of urea groups is 1. The molecule has 0 saturated heterocycles. The summed E-state index contributed by atoms with van der Waals surface area (Å²) in [5.74, 6) is 1.29. The van der Waals surface area contributed by atoms with Crippen LogP contribution in [0.4, 0.5) is 41.0 Å². The molecule has 0 saturated carbocycles. The van der Waals surface area contributed by atoms with Crippen molar-refractivity contribution in [1.29, 1.82) is 5.41 Å². The van der Waals surface area contributed by atoms with Gasteiger partial charge in [-0.25, -0.2) is 14.8 Å². The number of hydrogen-bond donors (Lipinski definition) is 5. The molecule has 4 rings (SSSR count). The summed E-state index contributed by atoms with van der Waals surface area (Å²) in [7, 11) is 1.38. The van der Waals surface area contributed by atoms with Crippen LogP contribution in [0, 0.1) is 12.3 Å². The van der Waals surface area contributed by atoms with Gasteiger partial charge in [0.25, 0.3) is 0 Å². The molecule has 0 aliphatic carbocycles. The number of amides is 2. The Bertz CT molecular complexity index is 1510. The number of aryl methyl sites for hydroxylation is 1. The number of rotatable bonds is 6. The van der Waals surface area contributed by atoms with Crippen molar-refractivity contribution in [2.45, 2.75) is 13.1 Å². The molecule has 0 aliphatic heterocycles. The Morgan fingerprint density at radius 3 is 2.47 bits per heavy atom. The van der Waals surface area contributed by atoms with Gasteiger partial charge in [-0.05, 0) is 55.0 Å². The normalized spacial score (nSPS) is 11.1. The smallest absolute Gasteiger partial charge is 0.417 e. The van der Waals surface area contributed by atoms with Crippen LogP contribution >= 0.6 is 11.6 Å². The van der Waals surface area contributed by atoms with Crippen LogP contribution < -0.4 is 16.0 Å². The van der Waals surface area contributed by atoms with E-state index in [4.69, 9.17) is 21.7 Å². The van der Waals surface area contributed by atoms with E-state index in [9.17, 15) is 18.0 Å². The highest BCUT2D eigenvalue weighted by atomic mass is 35.5. The lowest BCUT2D eigenvalue weighted by atomic mass is 10.1. The van der Waals surface area contributed by atoms with Crippen LogP contribution in [0.25, 0.3) is 11.4 Å². The van der Waals surface area contributed by atoms with Crippen molar-refractivity contribution in [3.05, 3.63) is 76.6 Å². The van der Waals surface area contributed by atoms with Gasteiger partial charge >= 0.3 is 12.2 Å². The second kappa shape index (κ2) is 10.8. The molecule has 2 heterocycles. The number of methoxy groups -OCH3 is 1. The Kier molecular flexibility index (Phi) is 7.48. The molecular formula is C24H20ClF3N8O2. The van der Waals surface area contributed by atoms with Crippen molar-refractivity contribution in [2.24, 2.45) is 0 Å². The summed E-state index contributed by atoms with van der Waals surface area (Å²) in [6.45, 7) is 1.80. The monoisotopic (exact) mass is 544 g/mol. The maximum atomic E-state index is 13.1. The number of carbonyl (C=O) groups excluding carboxylic acids is 1. The quantitative estimate of drug-likeness (QED) is 0.144. The number of ether oxygens (including phenoxy) is 1. The molecule has 0 unspecified atom stereocenters. The molecule has 196 valence electrons.